The number of thiophene rings is 1. The Kier molecular flexibility index (Phi) is 3.45. The SMILES string of the molecule is OCCN(Cc1cc(-c2cccs2)on1)C1CC1. The summed E-state index contributed by atoms with van der Waals surface area (Å²) in [5.74, 6) is 0.833. The molecule has 0 saturated heterocycles. The first-order valence-electron chi connectivity index (χ1n) is 6.21. The average Bonchev–Trinajstić information content (AvgIpc) is 2.90. The van der Waals surface area contributed by atoms with Crippen LogP contribution in [0.25, 0.3) is 10.6 Å². The van der Waals surface area contributed by atoms with Gasteiger partial charge in [-0.3, -0.25) is 4.90 Å². The van der Waals surface area contributed by atoms with E-state index in [9.17, 15) is 0 Å². The molecule has 1 fully saturated rings. The van der Waals surface area contributed by atoms with Gasteiger partial charge in [-0.25, -0.2) is 0 Å². The van der Waals surface area contributed by atoms with E-state index in [1.165, 1.54) is 12.8 Å². The van der Waals surface area contributed by atoms with Crippen molar-refractivity contribution in [3.8, 4) is 10.6 Å². The quantitative estimate of drug-likeness (QED) is 0.870. The molecule has 0 unspecified atom stereocenters. The van der Waals surface area contributed by atoms with Gasteiger partial charge in [0.05, 0.1) is 17.2 Å². The first kappa shape index (κ1) is 11.9. The number of aliphatic hydroxyl groups excluding tert-OH is 1. The fraction of sp³-hybridized carbons (Fsp3) is 0.462. The van der Waals surface area contributed by atoms with Crippen LogP contribution in [0, 0.1) is 0 Å². The third kappa shape index (κ3) is 2.63. The van der Waals surface area contributed by atoms with Gasteiger partial charge in [0, 0.05) is 25.2 Å². The van der Waals surface area contributed by atoms with Crippen molar-refractivity contribution in [2.24, 2.45) is 0 Å². The largest absolute Gasteiger partial charge is 0.395 e. The van der Waals surface area contributed by atoms with Gasteiger partial charge in [0.1, 0.15) is 0 Å². The number of hydrogen-bond donors (Lipinski definition) is 1. The van der Waals surface area contributed by atoms with E-state index in [1.54, 1.807) is 11.3 Å². The van der Waals surface area contributed by atoms with E-state index in [0.29, 0.717) is 12.6 Å². The third-order valence-corrected chi connectivity index (χ3v) is 4.02. The summed E-state index contributed by atoms with van der Waals surface area (Å²) in [6.07, 6.45) is 2.46. The van der Waals surface area contributed by atoms with Gasteiger partial charge in [0.15, 0.2) is 5.76 Å². The van der Waals surface area contributed by atoms with Crippen molar-refractivity contribution < 1.29 is 9.63 Å². The Bertz CT molecular complexity index is 491. The second-order valence-corrected chi connectivity index (χ2v) is 5.53. The molecule has 96 valence electrons. The van der Waals surface area contributed by atoms with Crippen molar-refractivity contribution in [1.82, 2.24) is 10.1 Å². The second kappa shape index (κ2) is 5.22. The summed E-state index contributed by atoms with van der Waals surface area (Å²) < 4.78 is 5.36. The normalized spacial score (nSPS) is 15.4. The van der Waals surface area contributed by atoms with Crippen LogP contribution in [0.4, 0.5) is 0 Å². The van der Waals surface area contributed by atoms with Crippen molar-refractivity contribution in [2.75, 3.05) is 13.2 Å². The van der Waals surface area contributed by atoms with Gasteiger partial charge in [0.2, 0.25) is 0 Å². The average molecular weight is 264 g/mol. The van der Waals surface area contributed by atoms with Gasteiger partial charge in [-0.2, -0.15) is 0 Å². The Morgan fingerprint density at radius 3 is 3.06 bits per heavy atom. The molecule has 0 aliphatic heterocycles. The molecule has 0 radical (unpaired) electrons. The molecule has 1 N–H and O–H groups in total. The molecule has 1 aliphatic carbocycles. The zero-order valence-corrected chi connectivity index (χ0v) is 10.9. The number of rotatable bonds is 6. The lowest BCUT2D eigenvalue weighted by molar-refractivity contribution is 0.180. The summed E-state index contributed by atoms with van der Waals surface area (Å²) in [5.41, 5.74) is 0.943. The van der Waals surface area contributed by atoms with Crippen LogP contribution in [-0.2, 0) is 6.54 Å². The lowest BCUT2D eigenvalue weighted by Crippen LogP contribution is -2.28. The van der Waals surface area contributed by atoms with E-state index < -0.39 is 0 Å². The summed E-state index contributed by atoms with van der Waals surface area (Å²) in [6, 6.07) is 6.66. The van der Waals surface area contributed by atoms with Crippen LogP contribution in [0.3, 0.4) is 0 Å². The maximum absolute atomic E-state index is 9.06. The minimum atomic E-state index is 0.201. The van der Waals surface area contributed by atoms with Crippen molar-refractivity contribution in [3.05, 3.63) is 29.3 Å². The van der Waals surface area contributed by atoms with E-state index >= 15 is 0 Å². The fourth-order valence-corrected chi connectivity index (χ4v) is 2.76. The molecule has 4 nitrogen and oxygen atoms in total. The predicted octanol–water partition coefficient (Wildman–Crippen LogP) is 2.36. The number of aromatic nitrogens is 1. The van der Waals surface area contributed by atoms with E-state index in [-0.39, 0.29) is 6.61 Å². The molecule has 1 aliphatic rings. The van der Waals surface area contributed by atoms with Gasteiger partial charge in [-0.05, 0) is 24.3 Å². The van der Waals surface area contributed by atoms with Crippen molar-refractivity contribution in [2.45, 2.75) is 25.4 Å². The summed E-state index contributed by atoms with van der Waals surface area (Å²) in [7, 11) is 0. The molecule has 2 heterocycles. The highest BCUT2D eigenvalue weighted by molar-refractivity contribution is 7.13. The molecule has 5 heteroatoms. The van der Waals surface area contributed by atoms with Gasteiger partial charge in [0.25, 0.3) is 0 Å². The van der Waals surface area contributed by atoms with Gasteiger partial charge in [-0.1, -0.05) is 11.2 Å². The first-order valence-corrected chi connectivity index (χ1v) is 7.09. The molecule has 18 heavy (non-hydrogen) atoms. The van der Waals surface area contributed by atoms with Gasteiger partial charge >= 0.3 is 0 Å². The lowest BCUT2D eigenvalue weighted by Gasteiger charge is -2.18. The zero-order chi connectivity index (χ0) is 12.4. The highest BCUT2D eigenvalue weighted by Crippen LogP contribution is 2.29. The molecule has 1 saturated carbocycles. The summed E-state index contributed by atoms with van der Waals surface area (Å²) in [5, 5.41) is 15.2. The predicted molar refractivity (Wildman–Crippen MR) is 70.3 cm³/mol. The Morgan fingerprint density at radius 1 is 1.50 bits per heavy atom. The van der Waals surface area contributed by atoms with E-state index in [2.05, 4.69) is 10.1 Å². The van der Waals surface area contributed by atoms with Crippen LogP contribution in [0.1, 0.15) is 18.5 Å². The van der Waals surface area contributed by atoms with Gasteiger partial charge < -0.3 is 9.63 Å². The van der Waals surface area contributed by atoms with Crippen LogP contribution in [0.2, 0.25) is 0 Å². The Labute approximate surface area is 110 Å². The lowest BCUT2D eigenvalue weighted by atomic mass is 10.3. The molecule has 0 bridgehead atoms. The standard InChI is InChI=1S/C13H16N2O2S/c16-6-5-15(11-3-4-11)9-10-8-12(17-14-10)13-2-1-7-18-13/h1-2,7-8,11,16H,3-6,9H2. The summed E-state index contributed by atoms with van der Waals surface area (Å²) >= 11 is 1.65. The van der Waals surface area contributed by atoms with Gasteiger partial charge in [-0.15, -0.1) is 11.3 Å². The van der Waals surface area contributed by atoms with Crippen molar-refractivity contribution in [1.29, 1.82) is 0 Å². The monoisotopic (exact) mass is 264 g/mol. The Morgan fingerprint density at radius 2 is 2.39 bits per heavy atom. The van der Waals surface area contributed by atoms with Crippen LogP contribution >= 0.6 is 11.3 Å². The van der Waals surface area contributed by atoms with Crippen LogP contribution in [0.15, 0.2) is 28.1 Å². The van der Waals surface area contributed by atoms with Crippen LogP contribution in [-0.4, -0.2) is 34.4 Å². The maximum atomic E-state index is 9.06. The Balaban J connectivity index is 1.69. The molecule has 2 aromatic heterocycles. The number of hydrogen-bond acceptors (Lipinski definition) is 5. The first-order chi connectivity index (χ1) is 8.86. The maximum Gasteiger partial charge on any atom is 0.177 e. The summed E-state index contributed by atoms with van der Waals surface area (Å²) in [4.78, 5) is 3.38. The minimum absolute atomic E-state index is 0.201. The molecule has 0 aromatic carbocycles. The number of nitrogens with zero attached hydrogens (tertiary/aromatic N) is 2. The molecule has 0 spiro atoms. The Hall–Kier alpha value is -1.17. The van der Waals surface area contributed by atoms with E-state index in [0.717, 1.165) is 22.9 Å². The third-order valence-electron chi connectivity index (χ3n) is 3.14. The highest BCUT2D eigenvalue weighted by Gasteiger charge is 2.29. The molecule has 0 amide bonds. The fourth-order valence-electron chi connectivity index (χ4n) is 2.09. The zero-order valence-electron chi connectivity index (χ0n) is 10.1. The minimum Gasteiger partial charge on any atom is -0.395 e. The molecular weight excluding hydrogens is 248 g/mol. The topological polar surface area (TPSA) is 49.5 Å². The van der Waals surface area contributed by atoms with E-state index in [4.69, 9.17) is 9.63 Å². The molecular formula is C13H16N2O2S. The second-order valence-electron chi connectivity index (χ2n) is 4.59. The van der Waals surface area contributed by atoms with Crippen molar-refractivity contribution in [3.63, 3.8) is 0 Å². The summed E-state index contributed by atoms with van der Waals surface area (Å²) in [6.45, 7) is 1.68. The van der Waals surface area contributed by atoms with Crippen molar-refractivity contribution >= 4 is 11.3 Å². The smallest absolute Gasteiger partial charge is 0.177 e. The molecule has 0 atom stereocenters. The molecule has 2 aromatic rings. The molecule has 3 rings (SSSR count). The highest BCUT2D eigenvalue weighted by atomic mass is 32.1. The number of aliphatic hydroxyl groups is 1. The van der Waals surface area contributed by atoms with Crippen LogP contribution < -0.4 is 0 Å². The van der Waals surface area contributed by atoms with Crippen LogP contribution in [0.5, 0.6) is 0 Å². The van der Waals surface area contributed by atoms with E-state index in [1.807, 2.05) is 23.6 Å².